The van der Waals surface area contributed by atoms with E-state index in [-0.39, 0.29) is 30.2 Å². The average Bonchev–Trinajstić information content (AvgIpc) is 3.17. The van der Waals surface area contributed by atoms with Crippen LogP contribution in [0.5, 0.6) is 0 Å². The molecule has 0 radical (unpaired) electrons. The molecule has 0 aliphatic heterocycles. The van der Waals surface area contributed by atoms with Gasteiger partial charge in [0.1, 0.15) is 17.1 Å². The van der Waals surface area contributed by atoms with Crippen molar-refractivity contribution in [3.05, 3.63) is 84.7 Å². The highest BCUT2D eigenvalue weighted by Gasteiger charge is 2.24. The second kappa shape index (κ2) is 8.95. The van der Waals surface area contributed by atoms with Gasteiger partial charge < -0.3 is 15.5 Å². The Bertz CT molecular complexity index is 1210. The zero-order chi connectivity index (χ0) is 21.8. The van der Waals surface area contributed by atoms with Crippen molar-refractivity contribution in [2.45, 2.75) is 20.0 Å². The third-order valence-corrected chi connectivity index (χ3v) is 4.91. The molecule has 2 heterocycles. The minimum absolute atomic E-state index is 0.0588. The molecule has 0 fully saturated rings. The number of benzene rings is 1. The number of H-pyrrole nitrogens is 1. The van der Waals surface area contributed by atoms with E-state index in [2.05, 4.69) is 20.9 Å². The number of rotatable bonds is 7. The molecule has 3 N–H and O–H groups in total. The standard InChI is InChI=1S/C20H19BrN4O5/c1-2-24-18(27)16(15(26)11-30-19(28)14-8-13(21)9-23-14)17(22)25(20(24)29)10-12-6-4-3-5-7-12/h3-9,23H,2,10-11,22H2,1H3. The first-order valence-electron chi connectivity index (χ1n) is 9.04. The van der Waals surface area contributed by atoms with Gasteiger partial charge in [0, 0.05) is 17.2 Å². The van der Waals surface area contributed by atoms with E-state index < -0.39 is 29.6 Å². The molecule has 0 amide bonds. The number of aromatic nitrogens is 3. The highest BCUT2D eigenvalue weighted by Crippen LogP contribution is 2.13. The van der Waals surface area contributed by atoms with Crippen LogP contribution in [-0.2, 0) is 17.8 Å². The van der Waals surface area contributed by atoms with Crippen LogP contribution < -0.4 is 17.0 Å². The fraction of sp³-hybridized carbons (Fsp3) is 0.200. The lowest BCUT2D eigenvalue weighted by Gasteiger charge is -2.15. The second-order valence-corrected chi connectivity index (χ2v) is 7.31. The second-order valence-electron chi connectivity index (χ2n) is 6.39. The summed E-state index contributed by atoms with van der Waals surface area (Å²) in [5.41, 5.74) is 5.16. The maximum atomic E-state index is 12.7. The van der Waals surface area contributed by atoms with Crippen molar-refractivity contribution in [2.24, 2.45) is 0 Å². The molecule has 1 aromatic carbocycles. The Morgan fingerprint density at radius 3 is 2.47 bits per heavy atom. The molecule has 10 heteroatoms. The van der Waals surface area contributed by atoms with Crippen molar-refractivity contribution in [1.82, 2.24) is 14.1 Å². The maximum absolute atomic E-state index is 12.7. The number of nitrogens with two attached hydrogens (primary N) is 1. The number of carbonyl (C=O) groups excluding carboxylic acids is 2. The highest BCUT2D eigenvalue weighted by molar-refractivity contribution is 9.10. The molecule has 0 saturated heterocycles. The summed E-state index contributed by atoms with van der Waals surface area (Å²) in [5, 5.41) is 0. The molecule has 9 nitrogen and oxygen atoms in total. The summed E-state index contributed by atoms with van der Waals surface area (Å²) >= 11 is 3.20. The Kier molecular flexibility index (Phi) is 6.36. The first kappa shape index (κ1) is 21.3. The number of nitrogens with one attached hydrogen (secondary N) is 1. The van der Waals surface area contributed by atoms with Crippen LogP contribution in [0, 0.1) is 0 Å². The Morgan fingerprint density at radius 2 is 1.87 bits per heavy atom. The molecule has 30 heavy (non-hydrogen) atoms. The third-order valence-electron chi connectivity index (χ3n) is 4.45. The normalized spacial score (nSPS) is 10.7. The number of aromatic amines is 1. The molecule has 0 atom stereocenters. The number of halogens is 1. The third kappa shape index (κ3) is 4.28. The Labute approximate surface area is 179 Å². The molecular weight excluding hydrogens is 456 g/mol. The van der Waals surface area contributed by atoms with Gasteiger partial charge in [0.2, 0.25) is 5.78 Å². The van der Waals surface area contributed by atoms with Crippen LogP contribution >= 0.6 is 15.9 Å². The number of esters is 1. The monoisotopic (exact) mass is 474 g/mol. The quantitative estimate of drug-likeness (QED) is 0.396. The summed E-state index contributed by atoms with van der Waals surface area (Å²) in [6.07, 6.45) is 1.54. The van der Waals surface area contributed by atoms with E-state index in [1.165, 1.54) is 12.3 Å². The average molecular weight is 475 g/mol. The Morgan fingerprint density at radius 1 is 1.17 bits per heavy atom. The minimum atomic E-state index is -0.812. The van der Waals surface area contributed by atoms with Gasteiger partial charge in [-0.25, -0.2) is 9.59 Å². The number of ketones is 1. The Hall–Kier alpha value is -3.40. The molecule has 0 aliphatic carbocycles. The highest BCUT2D eigenvalue weighted by atomic mass is 79.9. The predicted molar refractivity (Wildman–Crippen MR) is 114 cm³/mol. The van der Waals surface area contributed by atoms with E-state index in [1.54, 1.807) is 31.2 Å². The molecule has 0 spiro atoms. The van der Waals surface area contributed by atoms with Gasteiger partial charge in [-0.05, 0) is 34.5 Å². The van der Waals surface area contributed by atoms with E-state index in [0.717, 1.165) is 14.7 Å². The summed E-state index contributed by atoms with van der Waals surface area (Å²) in [6.45, 7) is 1.07. The number of carbonyl (C=O) groups is 2. The maximum Gasteiger partial charge on any atom is 0.355 e. The number of hydrogen-bond donors (Lipinski definition) is 2. The smallest absolute Gasteiger partial charge is 0.355 e. The van der Waals surface area contributed by atoms with Gasteiger partial charge in [-0.2, -0.15) is 0 Å². The predicted octanol–water partition coefficient (Wildman–Crippen LogP) is 1.79. The van der Waals surface area contributed by atoms with Crippen LogP contribution in [-0.4, -0.2) is 32.5 Å². The summed E-state index contributed by atoms with van der Waals surface area (Å²) in [7, 11) is 0. The number of ether oxygens (including phenoxy) is 1. The van der Waals surface area contributed by atoms with Crippen LogP contribution in [0.2, 0.25) is 0 Å². The van der Waals surface area contributed by atoms with Crippen LogP contribution in [0.1, 0.15) is 33.3 Å². The van der Waals surface area contributed by atoms with Gasteiger partial charge in [-0.3, -0.25) is 18.7 Å². The number of hydrogen-bond acceptors (Lipinski definition) is 6. The van der Waals surface area contributed by atoms with Gasteiger partial charge in [-0.1, -0.05) is 30.3 Å². The van der Waals surface area contributed by atoms with Gasteiger partial charge in [0.05, 0.1) is 6.54 Å². The van der Waals surface area contributed by atoms with Crippen molar-refractivity contribution in [1.29, 1.82) is 0 Å². The van der Waals surface area contributed by atoms with E-state index in [4.69, 9.17) is 10.5 Å². The van der Waals surface area contributed by atoms with E-state index in [0.29, 0.717) is 4.47 Å². The molecule has 0 saturated carbocycles. The summed E-state index contributed by atoms with van der Waals surface area (Å²) in [6, 6.07) is 10.5. The summed E-state index contributed by atoms with van der Waals surface area (Å²) in [5.74, 6) is -1.82. The molecule has 3 aromatic rings. The zero-order valence-electron chi connectivity index (χ0n) is 16.1. The zero-order valence-corrected chi connectivity index (χ0v) is 17.6. The van der Waals surface area contributed by atoms with Gasteiger partial charge in [0.15, 0.2) is 6.61 Å². The lowest BCUT2D eigenvalue weighted by molar-refractivity contribution is 0.0469. The van der Waals surface area contributed by atoms with Crippen LogP contribution in [0.3, 0.4) is 0 Å². The van der Waals surface area contributed by atoms with Crippen molar-refractivity contribution < 1.29 is 14.3 Å². The Balaban J connectivity index is 1.94. The van der Waals surface area contributed by atoms with Crippen molar-refractivity contribution in [3.63, 3.8) is 0 Å². The van der Waals surface area contributed by atoms with Gasteiger partial charge in [0.25, 0.3) is 5.56 Å². The van der Waals surface area contributed by atoms with Crippen LogP contribution in [0.4, 0.5) is 5.82 Å². The fourth-order valence-corrected chi connectivity index (χ4v) is 3.29. The number of Topliss-reactive ketones (excluding diaryl/α,β-unsaturated/α-hetero) is 1. The number of nitrogens with zero attached hydrogens (tertiary/aromatic N) is 2. The SMILES string of the molecule is CCn1c(=O)c(C(=O)COC(=O)c2cc(Br)c[nH]2)c(N)n(Cc2ccccc2)c1=O. The van der Waals surface area contributed by atoms with E-state index in [1.807, 2.05) is 6.07 Å². The van der Waals surface area contributed by atoms with Crippen molar-refractivity contribution in [2.75, 3.05) is 12.3 Å². The topological polar surface area (TPSA) is 129 Å². The van der Waals surface area contributed by atoms with Gasteiger partial charge in [-0.15, -0.1) is 0 Å². The molecule has 3 rings (SSSR count). The molecule has 0 bridgehead atoms. The van der Waals surface area contributed by atoms with Gasteiger partial charge >= 0.3 is 11.7 Å². The van der Waals surface area contributed by atoms with Crippen LogP contribution in [0.25, 0.3) is 0 Å². The first-order chi connectivity index (χ1) is 14.3. The van der Waals surface area contributed by atoms with Crippen molar-refractivity contribution in [3.8, 4) is 0 Å². The summed E-state index contributed by atoms with van der Waals surface area (Å²) in [4.78, 5) is 52.9. The number of anilines is 1. The fourth-order valence-electron chi connectivity index (χ4n) is 2.94. The number of nitrogen functional groups attached to an aromatic ring is 1. The molecule has 156 valence electrons. The van der Waals surface area contributed by atoms with Crippen molar-refractivity contribution >= 4 is 33.5 Å². The summed E-state index contributed by atoms with van der Waals surface area (Å²) < 4.78 is 7.73. The lowest BCUT2D eigenvalue weighted by Crippen LogP contribution is -2.44. The largest absolute Gasteiger partial charge is 0.453 e. The lowest BCUT2D eigenvalue weighted by atomic mass is 10.2. The molecule has 2 aromatic heterocycles. The minimum Gasteiger partial charge on any atom is -0.453 e. The molecule has 0 aliphatic rings. The van der Waals surface area contributed by atoms with E-state index in [9.17, 15) is 19.2 Å². The molecular formula is C20H19BrN4O5. The van der Waals surface area contributed by atoms with Crippen LogP contribution in [0.15, 0.2) is 56.7 Å². The molecule has 0 unspecified atom stereocenters. The first-order valence-corrected chi connectivity index (χ1v) is 9.84. The van der Waals surface area contributed by atoms with E-state index >= 15 is 0 Å².